The van der Waals surface area contributed by atoms with Crippen LogP contribution in [0.2, 0.25) is 0 Å². The molecule has 3 rings (SSSR count). The van der Waals surface area contributed by atoms with E-state index < -0.39 is 0 Å². The van der Waals surface area contributed by atoms with Crippen LogP contribution in [0.4, 0.5) is 0 Å². The van der Waals surface area contributed by atoms with Gasteiger partial charge in [-0.25, -0.2) is 4.68 Å². The summed E-state index contributed by atoms with van der Waals surface area (Å²) in [5.41, 5.74) is 0.960. The number of amides is 1. The predicted octanol–water partition coefficient (Wildman–Crippen LogP) is 3.38. The van der Waals surface area contributed by atoms with E-state index in [9.17, 15) is 9.59 Å². The molecule has 0 saturated carbocycles. The second-order valence-corrected chi connectivity index (χ2v) is 7.10. The van der Waals surface area contributed by atoms with Crippen molar-refractivity contribution in [2.24, 2.45) is 5.92 Å². The molecule has 0 atom stereocenters. The Morgan fingerprint density at radius 1 is 1.11 bits per heavy atom. The van der Waals surface area contributed by atoms with Crippen molar-refractivity contribution in [2.45, 2.75) is 33.4 Å². The molecule has 0 unspecified atom stereocenters. The molecular weight excluding hydrogens is 354 g/mol. The van der Waals surface area contributed by atoms with Crippen LogP contribution in [0.1, 0.15) is 36.3 Å². The molecule has 3 aromatic rings. The highest BCUT2D eigenvalue weighted by atomic mass is 16.5. The Labute approximate surface area is 164 Å². The lowest BCUT2D eigenvalue weighted by atomic mass is 10.1. The van der Waals surface area contributed by atoms with Gasteiger partial charge in [-0.05, 0) is 24.5 Å². The average Bonchev–Trinajstić information content (AvgIpc) is 2.71. The van der Waals surface area contributed by atoms with Crippen LogP contribution in [-0.2, 0) is 13.1 Å². The smallest absolute Gasteiger partial charge is 0.274 e. The van der Waals surface area contributed by atoms with Gasteiger partial charge in [0.05, 0.1) is 12.5 Å². The first-order valence-electron chi connectivity index (χ1n) is 9.41. The van der Waals surface area contributed by atoms with Crippen LogP contribution >= 0.6 is 0 Å². The van der Waals surface area contributed by atoms with E-state index in [2.05, 4.69) is 24.3 Å². The highest BCUT2D eigenvalue weighted by Crippen LogP contribution is 2.18. The number of aromatic nitrogens is 2. The minimum Gasteiger partial charge on any atom is -0.496 e. The van der Waals surface area contributed by atoms with Crippen LogP contribution in [0.15, 0.2) is 53.3 Å². The van der Waals surface area contributed by atoms with Crippen molar-refractivity contribution in [2.75, 3.05) is 7.11 Å². The number of nitrogens with zero attached hydrogens (tertiary/aromatic N) is 2. The Balaban J connectivity index is 1.93. The molecule has 1 aromatic heterocycles. The fraction of sp³-hybridized carbons (Fsp3) is 0.318. The molecule has 2 aromatic carbocycles. The Bertz CT molecular complexity index is 1040. The number of rotatable bonds is 7. The number of hydrogen-bond acceptors (Lipinski definition) is 4. The number of methoxy groups -OCH3 is 1. The van der Waals surface area contributed by atoms with Crippen molar-refractivity contribution in [1.29, 1.82) is 0 Å². The van der Waals surface area contributed by atoms with Crippen molar-refractivity contribution in [3.63, 3.8) is 0 Å². The van der Waals surface area contributed by atoms with Gasteiger partial charge in [-0.3, -0.25) is 9.59 Å². The van der Waals surface area contributed by atoms with Crippen LogP contribution < -0.4 is 15.6 Å². The fourth-order valence-corrected chi connectivity index (χ4v) is 3.04. The van der Waals surface area contributed by atoms with Crippen molar-refractivity contribution >= 4 is 16.7 Å². The largest absolute Gasteiger partial charge is 0.496 e. The topological polar surface area (TPSA) is 73.2 Å². The normalized spacial score (nSPS) is 11.0. The second kappa shape index (κ2) is 8.69. The van der Waals surface area contributed by atoms with E-state index in [-0.39, 0.29) is 17.2 Å². The summed E-state index contributed by atoms with van der Waals surface area (Å²) in [6, 6.07) is 14.6. The van der Waals surface area contributed by atoms with Crippen LogP contribution in [-0.4, -0.2) is 22.8 Å². The third kappa shape index (κ3) is 4.22. The van der Waals surface area contributed by atoms with Crippen molar-refractivity contribution < 1.29 is 9.53 Å². The summed E-state index contributed by atoms with van der Waals surface area (Å²) in [6.45, 7) is 4.97. The van der Waals surface area contributed by atoms with Gasteiger partial charge >= 0.3 is 0 Å². The standard InChI is InChI=1S/C22H25N3O3/c1-15(2)12-13-25-22(27)18-10-6-5-9-17(18)20(24-25)21(26)23-14-16-8-4-7-11-19(16)28-3/h4-11,15H,12-14H2,1-3H3,(H,23,26). The molecule has 0 spiro atoms. The van der Waals surface area contributed by atoms with Crippen LogP contribution in [0.5, 0.6) is 5.75 Å². The number of carbonyl (C=O) groups is 1. The fourth-order valence-electron chi connectivity index (χ4n) is 3.04. The average molecular weight is 379 g/mol. The predicted molar refractivity (Wildman–Crippen MR) is 110 cm³/mol. The summed E-state index contributed by atoms with van der Waals surface area (Å²) in [4.78, 5) is 25.6. The van der Waals surface area contributed by atoms with E-state index in [0.717, 1.165) is 12.0 Å². The lowest BCUT2D eigenvalue weighted by molar-refractivity contribution is 0.0945. The Morgan fingerprint density at radius 3 is 2.50 bits per heavy atom. The molecular formula is C22H25N3O3. The molecule has 28 heavy (non-hydrogen) atoms. The summed E-state index contributed by atoms with van der Waals surface area (Å²) in [5, 5.41) is 8.35. The van der Waals surface area contributed by atoms with Crippen LogP contribution in [0, 0.1) is 5.92 Å². The van der Waals surface area contributed by atoms with E-state index in [0.29, 0.717) is 35.5 Å². The molecule has 1 amide bonds. The van der Waals surface area contributed by atoms with Gasteiger partial charge in [0.15, 0.2) is 5.69 Å². The number of nitrogens with one attached hydrogen (secondary N) is 1. The van der Waals surface area contributed by atoms with Gasteiger partial charge in [0.1, 0.15) is 5.75 Å². The third-order valence-electron chi connectivity index (χ3n) is 4.63. The van der Waals surface area contributed by atoms with E-state index >= 15 is 0 Å². The zero-order valence-electron chi connectivity index (χ0n) is 16.4. The highest BCUT2D eigenvalue weighted by Gasteiger charge is 2.17. The lowest BCUT2D eigenvalue weighted by Gasteiger charge is -2.13. The molecule has 0 aliphatic carbocycles. The van der Waals surface area contributed by atoms with E-state index in [1.807, 2.05) is 24.3 Å². The van der Waals surface area contributed by atoms with Gasteiger partial charge in [-0.1, -0.05) is 50.2 Å². The molecule has 1 heterocycles. The first-order valence-corrected chi connectivity index (χ1v) is 9.41. The molecule has 1 N–H and O–H groups in total. The third-order valence-corrected chi connectivity index (χ3v) is 4.63. The number of hydrogen-bond donors (Lipinski definition) is 1. The number of fused-ring (bicyclic) bond motifs is 1. The summed E-state index contributed by atoms with van der Waals surface area (Å²) in [5.74, 6) is 0.825. The minimum atomic E-state index is -0.319. The molecule has 0 aliphatic heterocycles. The van der Waals surface area contributed by atoms with Gasteiger partial charge in [0.2, 0.25) is 0 Å². The quantitative estimate of drug-likeness (QED) is 0.683. The molecule has 0 aliphatic rings. The van der Waals surface area contributed by atoms with Gasteiger partial charge in [0, 0.05) is 24.0 Å². The number of carbonyl (C=O) groups excluding carboxylic acids is 1. The SMILES string of the molecule is COc1ccccc1CNC(=O)c1nn(CCC(C)C)c(=O)c2ccccc12. The van der Waals surface area contributed by atoms with Crippen molar-refractivity contribution in [3.05, 3.63) is 70.1 Å². The summed E-state index contributed by atoms with van der Waals surface area (Å²) in [7, 11) is 1.60. The lowest BCUT2D eigenvalue weighted by Crippen LogP contribution is -2.31. The first kappa shape index (κ1) is 19.6. The molecule has 6 nitrogen and oxygen atoms in total. The van der Waals surface area contributed by atoms with Crippen LogP contribution in [0.3, 0.4) is 0 Å². The van der Waals surface area contributed by atoms with E-state index in [1.165, 1.54) is 4.68 Å². The maximum atomic E-state index is 12.9. The summed E-state index contributed by atoms with van der Waals surface area (Å²) in [6.07, 6.45) is 0.813. The van der Waals surface area contributed by atoms with E-state index in [1.54, 1.807) is 31.4 Å². The summed E-state index contributed by atoms with van der Waals surface area (Å²) >= 11 is 0. The monoisotopic (exact) mass is 379 g/mol. The van der Waals surface area contributed by atoms with Gasteiger partial charge in [-0.15, -0.1) is 0 Å². The van der Waals surface area contributed by atoms with Gasteiger partial charge in [-0.2, -0.15) is 5.10 Å². The van der Waals surface area contributed by atoms with Crippen molar-refractivity contribution in [3.8, 4) is 5.75 Å². The van der Waals surface area contributed by atoms with Gasteiger partial charge < -0.3 is 10.1 Å². The van der Waals surface area contributed by atoms with Crippen molar-refractivity contribution in [1.82, 2.24) is 15.1 Å². The molecule has 0 saturated heterocycles. The Hall–Kier alpha value is -3.15. The maximum Gasteiger partial charge on any atom is 0.274 e. The first-order chi connectivity index (χ1) is 13.5. The molecule has 0 radical (unpaired) electrons. The van der Waals surface area contributed by atoms with E-state index in [4.69, 9.17) is 4.74 Å². The second-order valence-electron chi connectivity index (χ2n) is 7.10. The maximum absolute atomic E-state index is 12.9. The van der Waals surface area contributed by atoms with Gasteiger partial charge in [0.25, 0.3) is 11.5 Å². The number of aryl methyl sites for hydroxylation is 1. The molecule has 146 valence electrons. The number of para-hydroxylation sites is 1. The Kier molecular flexibility index (Phi) is 6.09. The minimum absolute atomic E-state index is 0.169. The molecule has 0 bridgehead atoms. The number of ether oxygens (including phenoxy) is 1. The number of benzene rings is 2. The highest BCUT2D eigenvalue weighted by molar-refractivity contribution is 6.04. The van der Waals surface area contributed by atoms with Crippen LogP contribution in [0.25, 0.3) is 10.8 Å². The Morgan fingerprint density at radius 2 is 1.79 bits per heavy atom. The molecule has 0 fully saturated rings. The summed E-state index contributed by atoms with van der Waals surface area (Å²) < 4.78 is 6.73. The zero-order chi connectivity index (χ0) is 20.1. The zero-order valence-corrected chi connectivity index (χ0v) is 16.4. The molecule has 6 heteroatoms.